The molecule has 2 heterocycles. The SMILES string of the molecule is COc1cc2c(cc1OC)N1C(=NCC[C@H]1C(=O)OC(C)(C)C)C([N+](=O)[O-])=C2. The predicted octanol–water partition coefficient (Wildman–Crippen LogP) is 2.65. The summed E-state index contributed by atoms with van der Waals surface area (Å²) in [5.41, 5.74) is 0.272. The van der Waals surface area contributed by atoms with E-state index in [9.17, 15) is 14.9 Å². The van der Waals surface area contributed by atoms with Crippen LogP contribution in [0.25, 0.3) is 6.08 Å². The molecule has 0 aliphatic carbocycles. The molecule has 9 nitrogen and oxygen atoms in total. The molecule has 9 heteroatoms. The molecule has 1 atom stereocenters. The zero-order valence-electron chi connectivity index (χ0n) is 16.5. The molecule has 0 radical (unpaired) electrons. The summed E-state index contributed by atoms with van der Waals surface area (Å²) in [5, 5.41) is 11.7. The maximum Gasteiger partial charge on any atom is 0.329 e. The van der Waals surface area contributed by atoms with Crippen LogP contribution in [0.5, 0.6) is 11.5 Å². The van der Waals surface area contributed by atoms with Gasteiger partial charge in [-0.1, -0.05) is 0 Å². The van der Waals surface area contributed by atoms with Gasteiger partial charge in [0.2, 0.25) is 5.84 Å². The van der Waals surface area contributed by atoms with Crippen molar-refractivity contribution in [2.24, 2.45) is 4.99 Å². The fourth-order valence-electron chi connectivity index (χ4n) is 3.28. The number of nitro groups is 1. The lowest BCUT2D eigenvalue weighted by atomic mass is 9.98. The molecule has 0 amide bonds. The van der Waals surface area contributed by atoms with Gasteiger partial charge in [0.1, 0.15) is 11.6 Å². The van der Waals surface area contributed by atoms with Crippen LogP contribution in [0.3, 0.4) is 0 Å². The Kier molecular flexibility index (Phi) is 5.01. The minimum Gasteiger partial charge on any atom is -0.493 e. The molecular formula is C19H23N3O6. The molecule has 0 unspecified atom stereocenters. The third-order valence-electron chi connectivity index (χ3n) is 4.39. The largest absolute Gasteiger partial charge is 0.493 e. The number of carbonyl (C=O) groups excluding carboxylic acids is 1. The first kappa shape index (κ1) is 19.7. The summed E-state index contributed by atoms with van der Waals surface area (Å²) in [6.07, 6.45) is 1.82. The number of methoxy groups -OCH3 is 2. The van der Waals surface area contributed by atoms with Crippen molar-refractivity contribution in [3.05, 3.63) is 33.5 Å². The molecule has 0 saturated heterocycles. The van der Waals surface area contributed by atoms with E-state index in [4.69, 9.17) is 14.2 Å². The molecule has 1 aromatic rings. The van der Waals surface area contributed by atoms with Gasteiger partial charge in [0.05, 0.1) is 24.8 Å². The van der Waals surface area contributed by atoms with Crippen molar-refractivity contribution >= 4 is 23.6 Å². The van der Waals surface area contributed by atoms with Crippen LogP contribution in [0.4, 0.5) is 5.69 Å². The van der Waals surface area contributed by atoms with Crippen LogP contribution in [0.2, 0.25) is 0 Å². The number of hydrogen-bond donors (Lipinski definition) is 0. The fourth-order valence-corrected chi connectivity index (χ4v) is 3.28. The van der Waals surface area contributed by atoms with E-state index in [0.717, 1.165) is 0 Å². The van der Waals surface area contributed by atoms with Gasteiger partial charge in [-0.15, -0.1) is 0 Å². The van der Waals surface area contributed by atoms with Crippen LogP contribution >= 0.6 is 0 Å². The summed E-state index contributed by atoms with van der Waals surface area (Å²) < 4.78 is 16.2. The van der Waals surface area contributed by atoms with Gasteiger partial charge in [0.15, 0.2) is 11.5 Å². The Morgan fingerprint density at radius 2 is 1.89 bits per heavy atom. The zero-order valence-corrected chi connectivity index (χ0v) is 16.5. The average molecular weight is 389 g/mol. The number of rotatable bonds is 4. The summed E-state index contributed by atoms with van der Waals surface area (Å²) in [6.45, 7) is 5.64. The van der Waals surface area contributed by atoms with E-state index in [1.54, 1.807) is 37.8 Å². The molecule has 0 bridgehead atoms. The number of ether oxygens (including phenoxy) is 3. The van der Waals surface area contributed by atoms with Gasteiger partial charge in [0, 0.05) is 24.3 Å². The number of aliphatic imine (C=N–C) groups is 1. The number of carbonyl (C=O) groups is 1. The van der Waals surface area contributed by atoms with E-state index in [-0.39, 0.29) is 11.5 Å². The van der Waals surface area contributed by atoms with Crippen molar-refractivity contribution in [3.63, 3.8) is 0 Å². The number of anilines is 1. The van der Waals surface area contributed by atoms with Crippen LogP contribution in [-0.4, -0.2) is 49.1 Å². The highest BCUT2D eigenvalue weighted by Crippen LogP contribution is 2.41. The van der Waals surface area contributed by atoms with Crippen LogP contribution in [0.1, 0.15) is 32.8 Å². The minimum atomic E-state index is -0.729. The van der Waals surface area contributed by atoms with Crippen molar-refractivity contribution in [3.8, 4) is 11.5 Å². The van der Waals surface area contributed by atoms with Gasteiger partial charge in [0.25, 0.3) is 0 Å². The lowest BCUT2D eigenvalue weighted by molar-refractivity contribution is -0.413. The molecule has 0 N–H and O–H groups in total. The molecule has 0 aromatic heterocycles. The first-order chi connectivity index (χ1) is 13.2. The molecule has 3 rings (SSSR count). The Morgan fingerprint density at radius 3 is 2.46 bits per heavy atom. The van der Waals surface area contributed by atoms with E-state index >= 15 is 0 Å². The number of hydrogen-bond acceptors (Lipinski definition) is 8. The smallest absolute Gasteiger partial charge is 0.329 e. The summed E-state index contributed by atoms with van der Waals surface area (Å²) in [7, 11) is 2.99. The number of fused-ring (bicyclic) bond motifs is 3. The maximum atomic E-state index is 12.9. The lowest BCUT2D eigenvalue weighted by Crippen LogP contribution is -2.52. The van der Waals surface area contributed by atoms with Crippen molar-refractivity contribution < 1.29 is 23.9 Å². The van der Waals surface area contributed by atoms with Gasteiger partial charge in [-0.3, -0.25) is 15.1 Å². The minimum absolute atomic E-state index is 0.145. The average Bonchev–Trinajstić information content (AvgIpc) is 2.63. The second-order valence-corrected chi connectivity index (χ2v) is 7.47. The van der Waals surface area contributed by atoms with Crippen LogP contribution in [-0.2, 0) is 9.53 Å². The van der Waals surface area contributed by atoms with Crippen LogP contribution < -0.4 is 14.4 Å². The second kappa shape index (κ2) is 7.14. The number of amidine groups is 1. The highest BCUT2D eigenvalue weighted by Gasteiger charge is 2.43. The number of benzene rings is 1. The molecule has 2 aliphatic rings. The highest BCUT2D eigenvalue weighted by molar-refractivity contribution is 6.17. The summed E-state index contributed by atoms with van der Waals surface area (Å²) in [6, 6.07) is 2.61. The quantitative estimate of drug-likeness (QED) is 0.443. The van der Waals surface area contributed by atoms with E-state index in [2.05, 4.69) is 4.99 Å². The molecule has 0 spiro atoms. The zero-order chi connectivity index (χ0) is 20.6. The van der Waals surface area contributed by atoms with Crippen molar-refractivity contribution in [2.45, 2.75) is 38.8 Å². The number of nitrogens with zero attached hydrogens (tertiary/aromatic N) is 3. The van der Waals surface area contributed by atoms with Crippen LogP contribution in [0, 0.1) is 10.1 Å². The number of esters is 1. The third kappa shape index (κ3) is 3.51. The van der Waals surface area contributed by atoms with Crippen molar-refractivity contribution in [2.75, 3.05) is 25.7 Å². The first-order valence-corrected chi connectivity index (χ1v) is 8.85. The van der Waals surface area contributed by atoms with Gasteiger partial charge in [-0.05, 0) is 33.3 Å². The van der Waals surface area contributed by atoms with Gasteiger partial charge >= 0.3 is 11.7 Å². The van der Waals surface area contributed by atoms with Crippen molar-refractivity contribution in [1.82, 2.24) is 0 Å². The van der Waals surface area contributed by atoms with E-state index < -0.39 is 22.5 Å². The normalized spacial score (nSPS) is 18.3. The Labute approximate surface area is 162 Å². The van der Waals surface area contributed by atoms with E-state index in [1.807, 2.05) is 0 Å². The van der Waals surface area contributed by atoms with Gasteiger partial charge < -0.3 is 19.1 Å². The molecule has 2 aliphatic heterocycles. The second-order valence-electron chi connectivity index (χ2n) is 7.47. The molecule has 1 aromatic carbocycles. The topological polar surface area (TPSA) is 104 Å². The lowest BCUT2D eigenvalue weighted by Gasteiger charge is -2.38. The highest BCUT2D eigenvalue weighted by atomic mass is 16.6. The first-order valence-electron chi connectivity index (χ1n) is 8.85. The maximum absolute atomic E-state index is 12.9. The van der Waals surface area contributed by atoms with Gasteiger partial charge in [-0.25, -0.2) is 4.79 Å². The Bertz CT molecular complexity index is 884. The fraction of sp³-hybridized carbons (Fsp3) is 0.474. The Balaban J connectivity index is 2.17. The van der Waals surface area contributed by atoms with Gasteiger partial charge in [-0.2, -0.15) is 0 Å². The van der Waals surface area contributed by atoms with E-state index in [1.165, 1.54) is 20.3 Å². The van der Waals surface area contributed by atoms with Crippen molar-refractivity contribution in [1.29, 1.82) is 0 Å². The van der Waals surface area contributed by atoms with Crippen LogP contribution in [0.15, 0.2) is 22.8 Å². The Hall–Kier alpha value is -3.10. The molecule has 0 fully saturated rings. The molecule has 0 saturated carbocycles. The predicted molar refractivity (Wildman–Crippen MR) is 104 cm³/mol. The molecular weight excluding hydrogens is 366 g/mol. The monoisotopic (exact) mass is 389 g/mol. The molecule has 150 valence electrons. The van der Waals surface area contributed by atoms with E-state index in [0.29, 0.717) is 35.7 Å². The standard InChI is InChI=1S/C19H23N3O6/c1-19(2,3)28-18(23)12-6-7-20-17-14(22(24)25)8-11-9-15(26-4)16(27-5)10-13(11)21(12)17/h8-10,12H,6-7H2,1-5H3/t12-/m0/s1. The summed E-state index contributed by atoms with van der Waals surface area (Å²) >= 11 is 0. The Morgan fingerprint density at radius 1 is 1.25 bits per heavy atom. The third-order valence-corrected chi connectivity index (χ3v) is 4.39. The summed E-state index contributed by atoms with van der Waals surface area (Å²) in [4.78, 5) is 29.9. The molecule has 28 heavy (non-hydrogen) atoms. The summed E-state index contributed by atoms with van der Waals surface area (Å²) in [5.74, 6) is 0.579.